The third-order valence-electron chi connectivity index (χ3n) is 2.17. The predicted molar refractivity (Wildman–Crippen MR) is 49.6 cm³/mol. The van der Waals surface area contributed by atoms with Crippen molar-refractivity contribution in [1.82, 2.24) is 0 Å². The van der Waals surface area contributed by atoms with Crippen molar-refractivity contribution in [1.29, 1.82) is 0 Å². The highest BCUT2D eigenvalue weighted by atomic mass is 19.4. The lowest BCUT2D eigenvalue weighted by atomic mass is 9.89. The van der Waals surface area contributed by atoms with Crippen LogP contribution < -0.4 is 5.73 Å². The van der Waals surface area contributed by atoms with Gasteiger partial charge in [-0.05, 0) is 24.5 Å². The Morgan fingerprint density at radius 1 is 1.57 bits per heavy atom. The molecule has 0 spiro atoms. The predicted octanol–water partition coefficient (Wildman–Crippen LogP) is 2.71. The standard InChI is InChI=1S/C10H12F3N/c1-3-7-5-8(14)4-6(2)9(7)10(11,12)13/h3-4,8H,1,5,14H2,2H3. The molecule has 2 N–H and O–H groups in total. The Kier molecular flexibility index (Phi) is 2.85. The summed E-state index contributed by atoms with van der Waals surface area (Å²) in [4.78, 5) is 0. The van der Waals surface area contributed by atoms with Gasteiger partial charge in [0.1, 0.15) is 0 Å². The van der Waals surface area contributed by atoms with Crippen LogP contribution in [-0.2, 0) is 0 Å². The molecule has 0 saturated heterocycles. The van der Waals surface area contributed by atoms with Crippen LogP contribution in [0.4, 0.5) is 13.2 Å². The van der Waals surface area contributed by atoms with E-state index in [1.165, 1.54) is 19.1 Å². The van der Waals surface area contributed by atoms with Gasteiger partial charge >= 0.3 is 6.18 Å². The van der Waals surface area contributed by atoms with Crippen molar-refractivity contribution in [2.24, 2.45) is 5.73 Å². The lowest BCUT2D eigenvalue weighted by molar-refractivity contribution is -0.0903. The molecule has 0 saturated carbocycles. The SMILES string of the molecule is C=CC1=C(C(F)(F)F)C(C)=CC(N)C1. The molecule has 78 valence electrons. The topological polar surface area (TPSA) is 26.0 Å². The summed E-state index contributed by atoms with van der Waals surface area (Å²) in [7, 11) is 0. The number of hydrogen-bond donors (Lipinski definition) is 1. The maximum absolute atomic E-state index is 12.6. The van der Waals surface area contributed by atoms with Crippen LogP contribution in [0.1, 0.15) is 13.3 Å². The molecule has 0 aromatic heterocycles. The van der Waals surface area contributed by atoms with Crippen LogP contribution in [0.5, 0.6) is 0 Å². The maximum Gasteiger partial charge on any atom is 0.416 e. The van der Waals surface area contributed by atoms with Crippen LogP contribution in [0.3, 0.4) is 0 Å². The molecule has 0 bridgehead atoms. The van der Waals surface area contributed by atoms with Gasteiger partial charge in [0.2, 0.25) is 0 Å². The number of nitrogens with two attached hydrogens (primary N) is 1. The molecule has 1 aliphatic carbocycles. The molecule has 0 amide bonds. The van der Waals surface area contributed by atoms with Crippen molar-refractivity contribution >= 4 is 0 Å². The van der Waals surface area contributed by atoms with E-state index in [0.29, 0.717) is 0 Å². The second-order valence-electron chi connectivity index (χ2n) is 3.32. The summed E-state index contributed by atoms with van der Waals surface area (Å²) in [6, 6.07) is -0.339. The minimum absolute atomic E-state index is 0.185. The largest absolute Gasteiger partial charge is 0.416 e. The molecule has 1 rings (SSSR count). The maximum atomic E-state index is 12.6. The Bertz CT molecular complexity index is 310. The van der Waals surface area contributed by atoms with Crippen LogP contribution >= 0.6 is 0 Å². The van der Waals surface area contributed by atoms with Gasteiger partial charge in [0, 0.05) is 6.04 Å². The van der Waals surface area contributed by atoms with Crippen LogP contribution in [0.15, 0.2) is 35.5 Å². The first kappa shape index (κ1) is 11.0. The average molecular weight is 203 g/mol. The van der Waals surface area contributed by atoms with Gasteiger partial charge in [-0.3, -0.25) is 0 Å². The van der Waals surface area contributed by atoms with E-state index in [0.717, 1.165) is 0 Å². The Morgan fingerprint density at radius 3 is 2.57 bits per heavy atom. The molecule has 0 heterocycles. The van der Waals surface area contributed by atoms with E-state index in [1.54, 1.807) is 0 Å². The third kappa shape index (κ3) is 2.07. The van der Waals surface area contributed by atoms with Crippen LogP contribution in [0, 0.1) is 0 Å². The molecule has 0 aromatic rings. The van der Waals surface area contributed by atoms with Crippen molar-refractivity contribution < 1.29 is 13.2 Å². The molecule has 14 heavy (non-hydrogen) atoms. The Balaban J connectivity index is 3.21. The van der Waals surface area contributed by atoms with Gasteiger partial charge in [0.25, 0.3) is 0 Å². The fourth-order valence-corrected chi connectivity index (χ4v) is 1.66. The third-order valence-corrected chi connectivity index (χ3v) is 2.17. The van der Waals surface area contributed by atoms with Crippen molar-refractivity contribution in [2.45, 2.75) is 25.6 Å². The van der Waals surface area contributed by atoms with Gasteiger partial charge in [-0.25, -0.2) is 0 Å². The zero-order chi connectivity index (χ0) is 10.9. The number of allylic oxidation sites excluding steroid dienone is 3. The van der Waals surface area contributed by atoms with E-state index in [2.05, 4.69) is 6.58 Å². The Labute approximate surface area is 80.8 Å². The van der Waals surface area contributed by atoms with Crippen molar-refractivity contribution in [3.8, 4) is 0 Å². The molecule has 1 unspecified atom stereocenters. The summed E-state index contributed by atoms with van der Waals surface area (Å²) >= 11 is 0. The number of hydrogen-bond acceptors (Lipinski definition) is 1. The first-order valence-electron chi connectivity index (χ1n) is 4.23. The normalized spacial score (nSPS) is 23.5. The van der Waals surface area contributed by atoms with Gasteiger partial charge in [-0.1, -0.05) is 18.7 Å². The quantitative estimate of drug-likeness (QED) is 0.696. The van der Waals surface area contributed by atoms with Gasteiger partial charge in [-0.15, -0.1) is 0 Å². The minimum Gasteiger partial charge on any atom is -0.324 e. The first-order chi connectivity index (χ1) is 6.36. The second kappa shape index (κ2) is 3.61. The molecule has 0 fully saturated rings. The molecule has 4 heteroatoms. The summed E-state index contributed by atoms with van der Waals surface area (Å²) in [5.41, 5.74) is 5.35. The fourth-order valence-electron chi connectivity index (χ4n) is 1.66. The number of halogens is 3. The highest BCUT2D eigenvalue weighted by Crippen LogP contribution is 2.37. The molecule has 1 atom stereocenters. The van der Waals surface area contributed by atoms with Gasteiger partial charge in [0.15, 0.2) is 0 Å². The highest BCUT2D eigenvalue weighted by Gasteiger charge is 2.38. The zero-order valence-electron chi connectivity index (χ0n) is 7.86. The van der Waals surface area contributed by atoms with Gasteiger partial charge in [-0.2, -0.15) is 13.2 Å². The van der Waals surface area contributed by atoms with Crippen LogP contribution in [0.25, 0.3) is 0 Å². The fraction of sp³-hybridized carbons (Fsp3) is 0.400. The lowest BCUT2D eigenvalue weighted by Crippen LogP contribution is -2.26. The van der Waals surface area contributed by atoms with Gasteiger partial charge in [0.05, 0.1) is 5.57 Å². The molecule has 0 aromatic carbocycles. The first-order valence-corrected chi connectivity index (χ1v) is 4.23. The summed E-state index contributed by atoms with van der Waals surface area (Å²) in [6.07, 6.45) is -1.44. The van der Waals surface area contributed by atoms with E-state index in [-0.39, 0.29) is 23.6 Å². The smallest absolute Gasteiger partial charge is 0.324 e. The zero-order valence-corrected chi connectivity index (χ0v) is 7.86. The van der Waals surface area contributed by atoms with Crippen LogP contribution in [0.2, 0.25) is 0 Å². The molecular weight excluding hydrogens is 191 g/mol. The molecule has 0 aliphatic heterocycles. The summed E-state index contributed by atoms with van der Waals surface area (Å²) in [5, 5.41) is 0. The van der Waals surface area contributed by atoms with E-state index in [4.69, 9.17) is 5.73 Å². The highest BCUT2D eigenvalue weighted by molar-refractivity contribution is 5.46. The molecule has 1 aliphatic rings. The van der Waals surface area contributed by atoms with E-state index in [1.807, 2.05) is 0 Å². The second-order valence-corrected chi connectivity index (χ2v) is 3.32. The number of alkyl halides is 3. The minimum atomic E-state index is -4.32. The summed E-state index contributed by atoms with van der Waals surface area (Å²) in [5.74, 6) is 0. The van der Waals surface area contributed by atoms with Crippen LogP contribution in [-0.4, -0.2) is 12.2 Å². The van der Waals surface area contributed by atoms with Crippen molar-refractivity contribution in [3.63, 3.8) is 0 Å². The average Bonchev–Trinajstić information content (AvgIpc) is 1.99. The summed E-state index contributed by atoms with van der Waals surface area (Å²) < 4.78 is 37.7. The summed E-state index contributed by atoms with van der Waals surface area (Å²) in [6.45, 7) is 4.80. The monoisotopic (exact) mass is 203 g/mol. The Morgan fingerprint density at radius 2 is 2.14 bits per heavy atom. The van der Waals surface area contributed by atoms with Gasteiger partial charge < -0.3 is 5.73 Å². The molecule has 1 nitrogen and oxygen atoms in total. The van der Waals surface area contributed by atoms with E-state index in [9.17, 15) is 13.2 Å². The number of rotatable bonds is 1. The van der Waals surface area contributed by atoms with Crippen molar-refractivity contribution in [2.75, 3.05) is 0 Å². The van der Waals surface area contributed by atoms with E-state index >= 15 is 0 Å². The lowest BCUT2D eigenvalue weighted by Gasteiger charge is -2.23. The molecular formula is C10H12F3N. The van der Waals surface area contributed by atoms with E-state index < -0.39 is 11.7 Å². The van der Waals surface area contributed by atoms with Crippen molar-refractivity contribution in [3.05, 3.63) is 35.5 Å². The molecule has 0 radical (unpaired) electrons. The Hall–Kier alpha value is -1.03.